The van der Waals surface area contributed by atoms with Crippen molar-refractivity contribution < 1.29 is 4.74 Å². The van der Waals surface area contributed by atoms with Crippen LogP contribution in [0.3, 0.4) is 0 Å². The highest BCUT2D eigenvalue weighted by Crippen LogP contribution is 2.01. The van der Waals surface area contributed by atoms with Gasteiger partial charge in [-0.3, -0.25) is 5.41 Å². The second kappa shape index (κ2) is 4.16. The number of aromatic nitrogens is 2. The Morgan fingerprint density at radius 2 is 2.31 bits per heavy atom. The Kier molecular flexibility index (Phi) is 2.92. The first-order valence-electron chi connectivity index (χ1n) is 3.72. The maximum atomic E-state index is 8.63. The number of hydrogen-bond donors (Lipinski definition) is 1. The van der Waals surface area contributed by atoms with Gasteiger partial charge in [0.2, 0.25) is 5.90 Å². The predicted octanol–water partition coefficient (Wildman–Crippen LogP) is 0.710. The molecular formula is C8H8N4O. The summed E-state index contributed by atoms with van der Waals surface area (Å²) in [6.07, 6.45) is 2.82. The van der Waals surface area contributed by atoms with Crippen LogP contribution >= 0.6 is 0 Å². The van der Waals surface area contributed by atoms with Gasteiger partial charge in [0.15, 0.2) is 11.4 Å². The molecule has 1 aromatic rings. The zero-order valence-corrected chi connectivity index (χ0v) is 7.11. The molecule has 0 aliphatic heterocycles. The number of rotatable bonds is 2. The van der Waals surface area contributed by atoms with Crippen molar-refractivity contribution in [2.45, 2.75) is 6.92 Å². The summed E-state index contributed by atoms with van der Waals surface area (Å²) in [4.78, 5) is 7.59. The van der Waals surface area contributed by atoms with Crippen molar-refractivity contribution in [1.29, 1.82) is 10.7 Å². The number of nitriles is 1. The van der Waals surface area contributed by atoms with E-state index in [1.165, 1.54) is 12.4 Å². The van der Waals surface area contributed by atoms with Crippen molar-refractivity contribution in [2.75, 3.05) is 6.61 Å². The average molecular weight is 176 g/mol. The van der Waals surface area contributed by atoms with Crippen LogP contribution in [0.15, 0.2) is 12.4 Å². The molecule has 0 aliphatic carbocycles. The number of hydrogen-bond acceptors (Lipinski definition) is 5. The third-order valence-electron chi connectivity index (χ3n) is 1.31. The Bertz CT molecular complexity index is 355. The Hall–Kier alpha value is -1.96. The highest BCUT2D eigenvalue weighted by atomic mass is 16.5. The van der Waals surface area contributed by atoms with Crippen LogP contribution in [-0.2, 0) is 4.74 Å². The normalized spacial score (nSPS) is 8.92. The minimum absolute atomic E-state index is 0.112. The van der Waals surface area contributed by atoms with Crippen LogP contribution in [0.2, 0.25) is 0 Å². The third kappa shape index (κ3) is 1.99. The van der Waals surface area contributed by atoms with E-state index in [1.54, 1.807) is 6.92 Å². The Morgan fingerprint density at radius 1 is 1.62 bits per heavy atom. The van der Waals surface area contributed by atoms with Gasteiger partial charge in [0, 0.05) is 12.4 Å². The number of ether oxygens (including phenoxy) is 1. The lowest BCUT2D eigenvalue weighted by molar-refractivity contribution is 0.324. The first kappa shape index (κ1) is 9.13. The minimum atomic E-state index is -0.118. The Balaban J connectivity index is 3.01. The smallest absolute Gasteiger partial charge is 0.235 e. The standard InChI is InChI=1S/C8H8N4O/c1-2-13-8(10)7-6(5-9)11-3-4-12-7/h3-4,10H,2H2,1H3. The van der Waals surface area contributed by atoms with E-state index in [9.17, 15) is 0 Å². The van der Waals surface area contributed by atoms with E-state index in [0.717, 1.165) is 0 Å². The summed E-state index contributed by atoms with van der Waals surface area (Å²) in [6, 6.07) is 1.84. The fourth-order valence-electron chi connectivity index (χ4n) is 0.799. The highest BCUT2D eigenvalue weighted by Gasteiger charge is 2.10. The zero-order chi connectivity index (χ0) is 9.68. The van der Waals surface area contributed by atoms with Gasteiger partial charge in [0.25, 0.3) is 0 Å². The Morgan fingerprint density at radius 3 is 2.92 bits per heavy atom. The number of nitrogens with zero attached hydrogens (tertiary/aromatic N) is 3. The van der Waals surface area contributed by atoms with Gasteiger partial charge in [0.1, 0.15) is 6.07 Å². The van der Waals surface area contributed by atoms with Crippen LogP contribution < -0.4 is 0 Å². The second-order valence-corrected chi connectivity index (χ2v) is 2.13. The zero-order valence-electron chi connectivity index (χ0n) is 7.11. The molecule has 0 radical (unpaired) electrons. The molecule has 1 N–H and O–H groups in total. The second-order valence-electron chi connectivity index (χ2n) is 2.13. The fourth-order valence-corrected chi connectivity index (χ4v) is 0.799. The van der Waals surface area contributed by atoms with Gasteiger partial charge in [-0.05, 0) is 6.92 Å². The van der Waals surface area contributed by atoms with E-state index in [-0.39, 0.29) is 17.3 Å². The monoisotopic (exact) mass is 176 g/mol. The van der Waals surface area contributed by atoms with Gasteiger partial charge in [-0.25, -0.2) is 9.97 Å². The van der Waals surface area contributed by atoms with Crippen molar-refractivity contribution >= 4 is 5.90 Å². The van der Waals surface area contributed by atoms with Crippen molar-refractivity contribution in [3.8, 4) is 6.07 Å². The molecule has 0 aromatic carbocycles. The van der Waals surface area contributed by atoms with E-state index < -0.39 is 0 Å². The van der Waals surface area contributed by atoms with E-state index in [0.29, 0.717) is 6.61 Å². The van der Waals surface area contributed by atoms with Crippen molar-refractivity contribution in [1.82, 2.24) is 9.97 Å². The molecule has 5 heteroatoms. The van der Waals surface area contributed by atoms with Crippen LogP contribution in [0.5, 0.6) is 0 Å². The first-order valence-corrected chi connectivity index (χ1v) is 3.72. The van der Waals surface area contributed by atoms with Crippen molar-refractivity contribution in [3.63, 3.8) is 0 Å². The lowest BCUT2D eigenvalue weighted by Crippen LogP contribution is -2.10. The van der Waals surface area contributed by atoms with Gasteiger partial charge in [0.05, 0.1) is 6.61 Å². The fraction of sp³-hybridized carbons (Fsp3) is 0.250. The lowest BCUT2D eigenvalue weighted by atomic mass is 10.3. The van der Waals surface area contributed by atoms with Gasteiger partial charge in [-0.2, -0.15) is 5.26 Å². The number of nitrogens with one attached hydrogen (secondary N) is 1. The molecule has 0 atom stereocenters. The summed E-state index contributed by atoms with van der Waals surface area (Å²) >= 11 is 0. The lowest BCUT2D eigenvalue weighted by Gasteiger charge is -2.03. The van der Waals surface area contributed by atoms with Crippen molar-refractivity contribution in [2.24, 2.45) is 0 Å². The SMILES string of the molecule is CCOC(=N)c1nccnc1C#N. The van der Waals surface area contributed by atoms with E-state index >= 15 is 0 Å². The molecule has 0 unspecified atom stereocenters. The van der Waals surface area contributed by atoms with E-state index in [1.807, 2.05) is 6.07 Å². The topological polar surface area (TPSA) is 82.7 Å². The van der Waals surface area contributed by atoms with Crippen LogP contribution in [0.4, 0.5) is 0 Å². The van der Waals surface area contributed by atoms with E-state index in [2.05, 4.69) is 9.97 Å². The van der Waals surface area contributed by atoms with Gasteiger partial charge >= 0.3 is 0 Å². The van der Waals surface area contributed by atoms with E-state index in [4.69, 9.17) is 15.4 Å². The third-order valence-corrected chi connectivity index (χ3v) is 1.31. The summed E-state index contributed by atoms with van der Waals surface area (Å²) in [5.74, 6) is -0.118. The van der Waals surface area contributed by atoms with Crippen LogP contribution in [0, 0.1) is 16.7 Å². The summed E-state index contributed by atoms with van der Waals surface area (Å²) in [5.41, 5.74) is 0.299. The molecule has 0 saturated heterocycles. The maximum Gasteiger partial charge on any atom is 0.235 e. The largest absolute Gasteiger partial charge is 0.477 e. The molecular weight excluding hydrogens is 168 g/mol. The predicted molar refractivity (Wildman–Crippen MR) is 45.2 cm³/mol. The molecule has 13 heavy (non-hydrogen) atoms. The summed E-state index contributed by atoms with van der Waals surface area (Å²) in [5, 5.41) is 16.0. The van der Waals surface area contributed by atoms with Gasteiger partial charge in [-0.1, -0.05) is 0 Å². The van der Waals surface area contributed by atoms with Crippen LogP contribution in [0.25, 0.3) is 0 Å². The molecule has 1 heterocycles. The molecule has 66 valence electrons. The van der Waals surface area contributed by atoms with Crippen LogP contribution in [0.1, 0.15) is 18.3 Å². The summed E-state index contributed by atoms with van der Waals surface area (Å²) in [7, 11) is 0. The molecule has 1 aromatic heterocycles. The molecule has 1 rings (SSSR count). The summed E-state index contributed by atoms with van der Waals surface area (Å²) < 4.78 is 4.90. The van der Waals surface area contributed by atoms with Gasteiger partial charge < -0.3 is 4.74 Å². The molecule has 5 nitrogen and oxygen atoms in total. The summed E-state index contributed by atoms with van der Waals surface area (Å²) in [6.45, 7) is 2.14. The molecule has 0 bridgehead atoms. The molecule has 0 saturated carbocycles. The molecule has 0 spiro atoms. The molecule has 0 fully saturated rings. The first-order chi connectivity index (χ1) is 6.29. The molecule has 0 amide bonds. The maximum absolute atomic E-state index is 8.63. The van der Waals surface area contributed by atoms with Gasteiger partial charge in [-0.15, -0.1) is 0 Å². The quantitative estimate of drug-likeness (QED) is 0.531. The Labute approximate surface area is 75.5 Å². The average Bonchev–Trinajstić information content (AvgIpc) is 2.18. The molecule has 0 aliphatic rings. The minimum Gasteiger partial charge on any atom is -0.477 e. The van der Waals surface area contributed by atoms with Crippen molar-refractivity contribution in [3.05, 3.63) is 23.8 Å². The van der Waals surface area contributed by atoms with Crippen LogP contribution in [-0.4, -0.2) is 22.5 Å². The highest BCUT2D eigenvalue weighted by molar-refractivity contribution is 5.91.